The van der Waals surface area contributed by atoms with Crippen molar-refractivity contribution in [1.29, 1.82) is 0 Å². The van der Waals surface area contributed by atoms with Crippen LogP contribution >= 0.6 is 0 Å². The number of nitrogens with zero attached hydrogens (tertiary/aromatic N) is 2. The van der Waals surface area contributed by atoms with Gasteiger partial charge in [0.05, 0.1) is 12.6 Å². The number of aryl methyl sites for hydroxylation is 1. The minimum Gasteiger partial charge on any atom is -0.379 e. The van der Waals surface area contributed by atoms with E-state index in [-0.39, 0.29) is 0 Å². The molecule has 2 aromatic heterocycles. The molecule has 0 aromatic carbocycles. The van der Waals surface area contributed by atoms with Gasteiger partial charge in [0.2, 0.25) is 0 Å². The topological polar surface area (TPSA) is 27.1 Å². The second kappa shape index (κ2) is 4.34. The molecule has 1 atom stereocenters. The van der Waals surface area contributed by atoms with Crippen LogP contribution in [-0.4, -0.2) is 22.8 Å². The molecule has 1 aliphatic heterocycles. The Morgan fingerprint density at radius 1 is 1.41 bits per heavy atom. The Hall–Kier alpha value is -1.61. The molecule has 0 amide bonds. The standard InChI is InChI=1S/C14H16N2O/c1-11-9-12(4-6-15-11)14-3-2-7-16(14)13-5-8-17-10-13/h2-4,6-7,9,13H,5,8,10H2,1H3/t13-/m1/s1. The van der Waals surface area contributed by atoms with Crippen LogP contribution in [0.5, 0.6) is 0 Å². The highest BCUT2D eigenvalue weighted by Crippen LogP contribution is 2.27. The summed E-state index contributed by atoms with van der Waals surface area (Å²) in [4.78, 5) is 4.24. The molecule has 3 nitrogen and oxygen atoms in total. The Balaban J connectivity index is 2.00. The zero-order valence-corrected chi connectivity index (χ0v) is 9.97. The van der Waals surface area contributed by atoms with E-state index in [1.54, 1.807) is 0 Å². The van der Waals surface area contributed by atoms with Crippen LogP contribution in [0.4, 0.5) is 0 Å². The minimum absolute atomic E-state index is 0.480. The van der Waals surface area contributed by atoms with E-state index in [9.17, 15) is 0 Å². The van der Waals surface area contributed by atoms with Gasteiger partial charge >= 0.3 is 0 Å². The van der Waals surface area contributed by atoms with Crippen molar-refractivity contribution in [2.45, 2.75) is 19.4 Å². The van der Waals surface area contributed by atoms with Crippen LogP contribution in [0.1, 0.15) is 18.2 Å². The summed E-state index contributed by atoms with van der Waals surface area (Å²) in [5.41, 5.74) is 3.54. The number of ether oxygens (including phenoxy) is 1. The van der Waals surface area contributed by atoms with Gasteiger partial charge < -0.3 is 9.30 Å². The molecule has 1 aliphatic rings. The fourth-order valence-electron chi connectivity index (χ4n) is 2.40. The molecule has 0 N–H and O–H groups in total. The molecule has 3 rings (SSSR count). The van der Waals surface area contributed by atoms with E-state index in [2.05, 4.69) is 40.0 Å². The Bertz CT molecular complexity index is 512. The molecule has 1 saturated heterocycles. The quantitative estimate of drug-likeness (QED) is 0.790. The van der Waals surface area contributed by atoms with Crippen molar-refractivity contribution in [1.82, 2.24) is 9.55 Å². The SMILES string of the molecule is Cc1cc(-c2cccn2[C@@H]2CCOC2)ccn1. The van der Waals surface area contributed by atoms with Crippen molar-refractivity contribution < 1.29 is 4.74 Å². The minimum atomic E-state index is 0.480. The molecule has 1 fully saturated rings. The van der Waals surface area contributed by atoms with Gasteiger partial charge in [-0.1, -0.05) is 0 Å². The van der Waals surface area contributed by atoms with Crippen LogP contribution in [0.3, 0.4) is 0 Å². The average molecular weight is 228 g/mol. The summed E-state index contributed by atoms with van der Waals surface area (Å²) in [5.74, 6) is 0. The van der Waals surface area contributed by atoms with E-state index in [1.807, 2.05) is 13.1 Å². The highest BCUT2D eigenvalue weighted by molar-refractivity contribution is 5.60. The summed E-state index contributed by atoms with van der Waals surface area (Å²) < 4.78 is 7.78. The van der Waals surface area contributed by atoms with Crippen LogP contribution in [0, 0.1) is 6.92 Å². The summed E-state index contributed by atoms with van der Waals surface area (Å²) in [7, 11) is 0. The molecule has 0 spiro atoms. The van der Waals surface area contributed by atoms with Crippen molar-refractivity contribution in [2.75, 3.05) is 13.2 Å². The first-order chi connectivity index (χ1) is 8.34. The van der Waals surface area contributed by atoms with Crippen LogP contribution in [0.15, 0.2) is 36.7 Å². The summed E-state index contributed by atoms with van der Waals surface area (Å²) in [6.07, 6.45) is 5.11. The van der Waals surface area contributed by atoms with Gasteiger partial charge in [0, 0.05) is 36.0 Å². The smallest absolute Gasteiger partial charge is 0.0674 e. The van der Waals surface area contributed by atoms with E-state index >= 15 is 0 Å². The highest BCUT2D eigenvalue weighted by Gasteiger charge is 2.19. The molecular weight excluding hydrogens is 212 g/mol. The summed E-state index contributed by atoms with van der Waals surface area (Å²) in [5, 5.41) is 0. The van der Waals surface area contributed by atoms with E-state index in [0.717, 1.165) is 25.3 Å². The first kappa shape index (κ1) is 10.5. The highest BCUT2D eigenvalue weighted by atomic mass is 16.5. The summed E-state index contributed by atoms with van der Waals surface area (Å²) in [6.45, 7) is 3.72. The van der Waals surface area contributed by atoms with Gasteiger partial charge in [0.15, 0.2) is 0 Å². The van der Waals surface area contributed by atoms with Crippen LogP contribution in [0.2, 0.25) is 0 Å². The van der Waals surface area contributed by atoms with Crippen molar-refractivity contribution in [2.24, 2.45) is 0 Å². The van der Waals surface area contributed by atoms with Gasteiger partial charge in [-0.25, -0.2) is 0 Å². The largest absolute Gasteiger partial charge is 0.379 e. The third-order valence-corrected chi connectivity index (χ3v) is 3.27. The third-order valence-electron chi connectivity index (χ3n) is 3.27. The average Bonchev–Trinajstić information content (AvgIpc) is 3.00. The molecule has 17 heavy (non-hydrogen) atoms. The lowest BCUT2D eigenvalue weighted by Crippen LogP contribution is -2.08. The molecule has 2 aromatic rings. The molecular formula is C14H16N2O. The lowest BCUT2D eigenvalue weighted by atomic mass is 10.1. The van der Waals surface area contributed by atoms with E-state index < -0.39 is 0 Å². The predicted octanol–water partition coefficient (Wildman–Crippen LogP) is 2.82. The number of hydrogen-bond donors (Lipinski definition) is 0. The Kier molecular flexibility index (Phi) is 2.69. The zero-order chi connectivity index (χ0) is 11.7. The number of pyridine rings is 1. The summed E-state index contributed by atoms with van der Waals surface area (Å²) in [6, 6.07) is 8.93. The maximum atomic E-state index is 5.46. The van der Waals surface area contributed by atoms with Gasteiger partial charge in [-0.15, -0.1) is 0 Å². The first-order valence-electron chi connectivity index (χ1n) is 6.02. The fourth-order valence-corrected chi connectivity index (χ4v) is 2.40. The molecule has 88 valence electrons. The Morgan fingerprint density at radius 3 is 3.12 bits per heavy atom. The Labute approximate surface area is 101 Å². The molecule has 3 heteroatoms. The molecule has 3 heterocycles. The number of aromatic nitrogens is 2. The Morgan fingerprint density at radius 2 is 2.35 bits per heavy atom. The number of rotatable bonds is 2. The molecule has 0 bridgehead atoms. The maximum Gasteiger partial charge on any atom is 0.0674 e. The zero-order valence-electron chi connectivity index (χ0n) is 9.97. The fraction of sp³-hybridized carbons (Fsp3) is 0.357. The van der Waals surface area contributed by atoms with Crippen molar-refractivity contribution in [3.63, 3.8) is 0 Å². The molecule has 0 unspecified atom stereocenters. The van der Waals surface area contributed by atoms with Crippen molar-refractivity contribution in [3.05, 3.63) is 42.4 Å². The van der Waals surface area contributed by atoms with Crippen LogP contribution in [-0.2, 0) is 4.74 Å². The normalized spacial score (nSPS) is 19.7. The van der Waals surface area contributed by atoms with Gasteiger partial charge in [-0.3, -0.25) is 4.98 Å². The van der Waals surface area contributed by atoms with E-state index in [1.165, 1.54) is 11.3 Å². The van der Waals surface area contributed by atoms with Gasteiger partial charge in [0.25, 0.3) is 0 Å². The van der Waals surface area contributed by atoms with Crippen LogP contribution < -0.4 is 0 Å². The monoisotopic (exact) mass is 228 g/mol. The lowest BCUT2D eigenvalue weighted by molar-refractivity contribution is 0.187. The van der Waals surface area contributed by atoms with Gasteiger partial charge in [0.1, 0.15) is 0 Å². The summed E-state index contributed by atoms with van der Waals surface area (Å²) >= 11 is 0. The van der Waals surface area contributed by atoms with Crippen LogP contribution in [0.25, 0.3) is 11.3 Å². The van der Waals surface area contributed by atoms with E-state index in [4.69, 9.17) is 4.74 Å². The van der Waals surface area contributed by atoms with Crippen molar-refractivity contribution in [3.8, 4) is 11.3 Å². The lowest BCUT2D eigenvalue weighted by Gasteiger charge is -2.15. The predicted molar refractivity (Wildman–Crippen MR) is 66.9 cm³/mol. The molecule has 0 aliphatic carbocycles. The van der Waals surface area contributed by atoms with Gasteiger partial charge in [-0.2, -0.15) is 0 Å². The maximum absolute atomic E-state index is 5.46. The van der Waals surface area contributed by atoms with E-state index in [0.29, 0.717) is 6.04 Å². The van der Waals surface area contributed by atoms with Gasteiger partial charge in [-0.05, 0) is 37.6 Å². The second-order valence-corrected chi connectivity index (χ2v) is 4.50. The number of hydrogen-bond acceptors (Lipinski definition) is 2. The molecule has 0 radical (unpaired) electrons. The third kappa shape index (κ3) is 1.98. The second-order valence-electron chi connectivity index (χ2n) is 4.50. The van der Waals surface area contributed by atoms with Crippen molar-refractivity contribution >= 4 is 0 Å². The first-order valence-corrected chi connectivity index (χ1v) is 6.02. The molecule has 0 saturated carbocycles.